The SMILES string of the molecule is CNC(C1CCCCCC1)C1CSCCO1. The second-order valence-electron chi connectivity index (χ2n) is 5.05. The van der Waals surface area contributed by atoms with Crippen LogP contribution in [0.2, 0.25) is 0 Å². The van der Waals surface area contributed by atoms with Crippen molar-refractivity contribution in [2.75, 3.05) is 25.2 Å². The van der Waals surface area contributed by atoms with Crippen LogP contribution in [-0.4, -0.2) is 37.3 Å². The summed E-state index contributed by atoms with van der Waals surface area (Å²) in [6, 6.07) is 0.589. The molecule has 0 spiro atoms. The van der Waals surface area contributed by atoms with Crippen LogP contribution >= 0.6 is 11.8 Å². The van der Waals surface area contributed by atoms with Crippen molar-refractivity contribution in [1.82, 2.24) is 5.32 Å². The Labute approximate surface area is 104 Å². The van der Waals surface area contributed by atoms with Crippen LogP contribution in [0.4, 0.5) is 0 Å². The van der Waals surface area contributed by atoms with Gasteiger partial charge in [0.15, 0.2) is 0 Å². The molecule has 16 heavy (non-hydrogen) atoms. The van der Waals surface area contributed by atoms with E-state index in [1.165, 1.54) is 50.0 Å². The van der Waals surface area contributed by atoms with E-state index in [0.29, 0.717) is 12.1 Å². The van der Waals surface area contributed by atoms with Gasteiger partial charge in [-0.2, -0.15) is 11.8 Å². The zero-order valence-electron chi connectivity index (χ0n) is 10.4. The highest BCUT2D eigenvalue weighted by atomic mass is 32.2. The zero-order valence-corrected chi connectivity index (χ0v) is 11.2. The van der Waals surface area contributed by atoms with Crippen LogP contribution < -0.4 is 5.32 Å². The first kappa shape index (κ1) is 12.7. The van der Waals surface area contributed by atoms with Crippen LogP contribution in [0.3, 0.4) is 0 Å². The molecular weight excluding hydrogens is 218 g/mol. The molecule has 2 fully saturated rings. The molecule has 1 saturated heterocycles. The molecule has 0 radical (unpaired) electrons. The maximum absolute atomic E-state index is 5.94. The van der Waals surface area contributed by atoms with Gasteiger partial charge in [0, 0.05) is 17.5 Å². The lowest BCUT2D eigenvalue weighted by Gasteiger charge is -2.35. The monoisotopic (exact) mass is 243 g/mol. The summed E-state index contributed by atoms with van der Waals surface area (Å²) in [4.78, 5) is 0. The summed E-state index contributed by atoms with van der Waals surface area (Å²) in [6.45, 7) is 0.945. The van der Waals surface area contributed by atoms with Crippen molar-refractivity contribution in [1.29, 1.82) is 0 Å². The number of hydrogen-bond donors (Lipinski definition) is 1. The summed E-state index contributed by atoms with van der Waals surface area (Å²) in [6.07, 6.45) is 8.96. The van der Waals surface area contributed by atoms with E-state index in [4.69, 9.17) is 4.74 Å². The summed E-state index contributed by atoms with van der Waals surface area (Å²) in [5, 5.41) is 3.53. The Morgan fingerprint density at radius 1 is 1.19 bits per heavy atom. The first-order chi connectivity index (χ1) is 7.92. The largest absolute Gasteiger partial charge is 0.375 e. The Morgan fingerprint density at radius 2 is 1.94 bits per heavy atom. The van der Waals surface area contributed by atoms with Crippen LogP contribution in [0.25, 0.3) is 0 Å². The maximum atomic E-state index is 5.94. The third-order valence-electron chi connectivity index (χ3n) is 3.98. The van der Waals surface area contributed by atoms with E-state index in [-0.39, 0.29) is 0 Å². The third-order valence-corrected chi connectivity index (χ3v) is 5.00. The summed E-state index contributed by atoms with van der Waals surface area (Å²) < 4.78 is 5.94. The summed E-state index contributed by atoms with van der Waals surface area (Å²) >= 11 is 2.05. The van der Waals surface area contributed by atoms with Crippen molar-refractivity contribution >= 4 is 11.8 Å². The Kier molecular flexibility index (Phi) is 5.46. The van der Waals surface area contributed by atoms with Crippen molar-refractivity contribution in [2.24, 2.45) is 5.92 Å². The normalized spacial score (nSPS) is 30.9. The van der Waals surface area contributed by atoms with Gasteiger partial charge in [0.25, 0.3) is 0 Å². The molecule has 2 atom stereocenters. The minimum atomic E-state index is 0.451. The second-order valence-corrected chi connectivity index (χ2v) is 6.20. The molecule has 0 amide bonds. The highest BCUT2D eigenvalue weighted by Gasteiger charge is 2.30. The lowest BCUT2D eigenvalue weighted by molar-refractivity contribution is 0.0295. The first-order valence-electron chi connectivity index (χ1n) is 6.78. The van der Waals surface area contributed by atoms with E-state index < -0.39 is 0 Å². The fraction of sp³-hybridized carbons (Fsp3) is 1.00. The first-order valence-corrected chi connectivity index (χ1v) is 7.94. The fourth-order valence-electron chi connectivity index (χ4n) is 3.11. The molecule has 2 nitrogen and oxygen atoms in total. The van der Waals surface area contributed by atoms with Crippen molar-refractivity contribution in [3.05, 3.63) is 0 Å². The molecule has 94 valence electrons. The second kappa shape index (κ2) is 6.87. The summed E-state index contributed by atoms with van der Waals surface area (Å²) in [7, 11) is 2.11. The molecule has 1 heterocycles. The Bertz CT molecular complexity index is 186. The van der Waals surface area contributed by atoms with E-state index in [9.17, 15) is 0 Å². The molecule has 0 bridgehead atoms. The highest BCUT2D eigenvalue weighted by Crippen LogP contribution is 2.29. The van der Waals surface area contributed by atoms with Crippen molar-refractivity contribution in [2.45, 2.75) is 50.7 Å². The number of nitrogens with one attached hydrogen (secondary N) is 1. The van der Waals surface area contributed by atoms with Gasteiger partial charge in [0.05, 0.1) is 12.7 Å². The molecule has 1 aliphatic heterocycles. The average Bonchev–Trinajstić information content (AvgIpc) is 2.61. The van der Waals surface area contributed by atoms with Gasteiger partial charge in [0.1, 0.15) is 0 Å². The van der Waals surface area contributed by atoms with Crippen LogP contribution in [0.1, 0.15) is 38.5 Å². The zero-order chi connectivity index (χ0) is 11.2. The lowest BCUT2D eigenvalue weighted by atomic mass is 9.89. The standard InChI is InChI=1S/C13H25NOS/c1-14-13(12-10-16-9-8-15-12)11-6-4-2-3-5-7-11/h11-14H,2-10H2,1H3. The topological polar surface area (TPSA) is 21.3 Å². The Morgan fingerprint density at radius 3 is 2.50 bits per heavy atom. The predicted molar refractivity (Wildman–Crippen MR) is 71.1 cm³/mol. The van der Waals surface area contributed by atoms with E-state index in [1.54, 1.807) is 0 Å². The van der Waals surface area contributed by atoms with Crippen molar-refractivity contribution in [3.8, 4) is 0 Å². The van der Waals surface area contributed by atoms with Crippen molar-refractivity contribution in [3.63, 3.8) is 0 Å². The van der Waals surface area contributed by atoms with E-state index in [2.05, 4.69) is 24.1 Å². The smallest absolute Gasteiger partial charge is 0.0821 e. The van der Waals surface area contributed by atoms with Gasteiger partial charge in [0.2, 0.25) is 0 Å². The number of hydrogen-bond acceptors (Lipinski definition) is 3. The highest BCUT2D eigenvalue weighted by molar-refractivity contribution is 7.99. The van der Waals surface area contributed by atoms with Gasteiger partial charge in [-0.25, -0.2) is 0 Å². The molecular formula is C13H25NOS. The van der Waals surface area contributed by atoms with Crippen LogP contribution in [0, 0.1) is 5.92 Å². The quantitative estimate of drug-likeness (QED) is 0.770. The van der Waals surface area contributed by atoms with Crippen LogP contribution in [0.5, 0.6) is 0 Å². The maximum Gasteiger partial charge on any atom is 0.0821 e. The Hall–Kier alpha value is 0.270. The molecule has 2 rings (SSSR count). The summed E-state index contributed by atoms with van der Waals surface area (Å²) in [5.74, 6) is 3.20. The predicted octanol–water partition coefficient (Wildman–Crippen LogP) is 2.68. The molecule has 2 unspecified atom stereocenters. The molecule has 1 N–H and O–H groups in total. The number of ether oxygens (including phenoxy) is 1. The van der Waals surface area contributed by atoms with Gasteiger partial charge >= 0.3 is 0 Å². The fourth-order valence-corrected chi connectivity index (χ4v) is 4.03. The van der Waals surface area contributed by atoms with Crippen molar-refractivity contribution < 1.29 is 4.74 Å². The number of thioether (sulfide) groups is 1. The minimum absolute atomic E-state index is 0.451. The molecule has 1 aliphatic carbocycles. The molecule has 0 aromatic carbocycles. The minimum Gasteiger partial charge on any atom is -0.375 e. The van der Waals surface area contributed by atoms with Gasteiger partial charge in [-0.3, -0.25) is 0 Å². The molecule has 1 saturated carbocycles. The molecule has 2 aliphatic rings. The number of likely N-dealkylation sites (N-methyl/N-ethyl adjacent to an activating group) is 1. The lowest BCUT2D eigenvalue weighted by Crippen LogP contribution is -2.47. The molecule has 0 aromatic rings. The van der Waals surface area contributed by atoms with Gasteiger partial charge in [-0.15, -0.1) is 0 Å². The summed E-state index contributed by atoms with van der Waals surface area (Å²) in [5.41, 5.74) is 0. The average molecular weight is 243 g/mol. The van der Waals surface area contributed by atoms with E-state index in [1.807, 2.05) is 0 Å². The van der Waals surface area contributed by atoms with Gasteiger partial charge in [-0.05, 0) is 25.8 Å². The molecule has 0 aromatic heterocycles. The van der Waals surface area contributed by atoms with Crippen LogP contribution in [0.15, 0.2) is 0 Å². The third kappa shape index (κ3) is 3.38. The van der Waals surface area contributed by atoms with E-state index >= 15 is 0 Å². The molecule has 3 heteroatoms. The van der Waals surface area contributed by atoms with Gasteiger partial charge < -0.3 is 10.1 Å². The number of rotatable bonds is 3. The Balaban J connectivity index is 1.90. The van der Waals surface area contributed by atoms with Gasteiger partial charge in [-0.1, -0.05) is 25.7 Å². The van der Waals surface area contributed by atoms with E-state index in [0.717, 1.165) is 12.5 Å². The van der Waals surface area contributed by atoms with Crippen LogP contribution in [-0.2, 0) is 4.74 Å².